The van der Waals surface area contributed by atoms with E-state index >= 15 is 0 Å². The number of imide groups is 1. The summed E-state index contributed by atoms with van der Waals surface area (Å²) in [6.07, 6.45) is 1.21. The SMILES string of the molecule is CNC(=O)C(CCC=O)N(C=O)C(=O)c1ccc(N2CCN(CC3CNC3)CC2)cc1C. The number of anilines is 1. The molecule has 0 aromatic heterocycles. The molecular formula is C23H33N5O4. The summed E-state index contributed by atoms with van der Waals surface area (Å²) in [5, 5.41) is 5.78. The van der Waals surface area contributed by atoms with E-state index in [-0.39, 0.29) is 12.8 Å². The summed E-state index contributed by atoms with van der Waals surface area (Å²) in [5.41, 5.74) is 2.16. The van der Waals surface area contributed by atoms with E-state index in [9.17, 15) is 19.2 Å². The maximum absolute atomic E-state index is 13.1. The number of hydrogen-bond acceptors (Lipinski definition) is 7. The average molecular weight is 444 g/mol. The normalized spacial score (nSPS) is 17.9. The van der Waals surface area contributed by atoms with Gasteiger partial charge in [-0.3, -0.25) is 24.2 Å². The molecule has 0 aliphatic carbocycles. The van der Waals surface area contributed by atoms with Gasteiger partial charge in [-0.05, 0) is 43.0 Å². The Morgan fingerprint density at radius 2 is 1.94 bits per heavy atom. The Labute approximate surface area is 189 Å². The Morgan fingerprint density at radius 1 is 1.22 bits per heavy atom. The monoisotopic (exact) mass is 443 g/mol. The van der Waals surface area contributed by atoms with E-state index in [1.54, 1.807) is 6.07 Å². The summed E-state index contributed by atoms with van der Waals surface area (Å²) < 4.78 is 0. The Kier molecular flexibility index (Phi) is 8.35. The third kappa shape index (κ3) is 5.52. The van der Waals surface area contributed by atoms with Crippen LogP contribution in [0.1, 0.15) is 28.8 Å². The highest BCUT2D eigenvalue weighted by atomic mass is 16.2. The second-order valence-corrected chi connectivity index (χ2v) is 8.50. The molecule has 1 unspecified atom stereocenters. The highest BCUT2D eigenvalue weighted by Crippen LogP contribution is 2.23. The van der Waals surface area contributed by atoms with Crippen molar-refractivity contribution in [3.05, 3.63) is 29.3 Å². The summed E-state index contributed by atoms with van der Waals surface area (Å²) in [5.74, 6) is -0.250. The predicted molar refractivity (Wildman–Crippen MR) is 122 cm³/mol. The van der Waals surface area contributed by atoms with Crippen LogP contribution in [-0.4, -0.2) is 93.2 Å². The maximum Gasteiger partial charge on any atom is 0.261 e. The molecule has 2 N–H and O–H groups in total. The molecule has 0 spiro atoms. The molecule has 0 radical (unpaired) electrons. The second-order valence-electron chi connectivity index (χ2n) is 8.50. The molecule has 2 aliphatic rings. The van der Waals surface area contributed by atoms with E-state index in [0.717, 1.165) is 67.9 Å². The molecule has 2 fully saturated rings. The van der Waals surface area contributed by atoms with Crippen molar-refractivity contribution >= 4 is 30.2 Å². The first kappa shape index (κ1) is 23.9. The lowest BCUT2D eigenvalue weighted by Gasteiger charge is -2.39. The topological polar surface area (TPSA) is 102 Å². The first-order chi connectivity index (χ1) is 15.5. The van der Waals surface area contributed by atoms with Crippen LogP contribution in [0.15, 0.2) is 18.2 Å². The molecule has 9 nitrogen and oxygen atoms in total. The van der Waals surface area contributed by atoms with Gasteiger partial charge in [0.25, 0.3) is 5.91 Å². The number of benzene rings is 1. The minimum absolute atomic E-state index is 0.0802. The van der Waals surface area contributed by atoms with E-state index in [1.165, 1.54) is 7.05 Å². The molecule has 1 aromatic carbocycles. The minimum Gasteiger partial charge on any atom is -0.369 e. The van der Waals surface area contributed by atoms with Gasteiger partial charge in [-0.15, -0.1) is 0 Å². The molecule has 3 amide bonds. The first-order valence-corrected chi connectivity index (χ1v) is 11.2. The number of carbonyl (C=O) groups is 4. The zero-order valence-electron chi connectivity index (χ0n) is 18.9. The van der Waals surface area contributed by atoms with Gasteiger partial charge in [0.2, 0.25) is 12.3 Å². The van der Waals surface area contributed by atoms with Crippen LogP contribution in [0.25, 0.3) is 0 Å². The summed E-state index contributed by atoms with van der Waals surface area (Å²) >= 11 is 0. The quantitative estimate of drug-likeness (QED) is 0.492. The number of hydrogen-bond donors (Lipinski definition) is 2. The fraction of sp³-hybridized carbons (Fsp3) is 0.565. The average Bonchev–Trinajstić information content (AvgIpc) is 2.78. The van der Waals surface area contributed by atoms with Crippen LogP contribution in [0.3, 0.4) is 0 Å². The number of aryl methyl sites for hydroxylation is 1. The van der Waals surface area contributed by atoms with Gasteiger partial charge in [0, 0.05) is 70.5 Å². The second kappa shape index (κ2) is 11.2. The Balaban J connectivity index is 1.67. The number of likely N-dealkylation sites (N-methyl/N-ethyl adjacent to an activating group) is 1. The van der Waals surface area contributed by atoms with E-state index in [2.05, 4.69) is 20.4 Å². The van der Waals surface area contributed by atoms with Crippen molar-refractivity contribution in [1.29, 1.82) is 0 Å². The standard InChI is InChI=1S/C23H33N5O4/c1-17-12-19(27-9-7-26(8-10-27)15-18-13-25-14-18)5-6-20(17)23(32)28(16-30)21(4-3-11-29)22(31)24-2/h5-6,11-12,16,18,21,25H,3-4,7-10,13-15H2,1-2H3,(H,24,31). The van der Waals surface area contributed by atoms with Crippen molar-refractivity contribution < 1.29 is 19.2 Å². The molecular weight excluding hydrogens is 410 g/mol. The van der Waals surface area contributed by atoms with Crippen LogP contribution >= 0.6 is 0 Å². The van der Waals surface area contributed by atoms with Gasteiger partial charge < -0.3 is 20.3 Å². The predicted octanol–water partition coefficient (Wildman–Crippen LogP) is 0.0287. The fourth-order valence-corrected chi connectivity index (χ4v) is 4.31. The van der Waals surface area contributed by atoms with Gasteiger partial charge in [0.05, 0.1) is 0 Å². The third-order valence-corrected chi connectivity index (χ3v) is 6.35. The van der Waals surface area contributed by atoms with Crippen molar-refractivity contribution in [3.63, 3.8) is 0 Å². The lowest BCUT2D eigenvalue weighted by molar-refractivity contribution is -0.131. The van der Waals surface area contributed by atoms with Gasteiger partial charge in [-0.25, -0.2) is 0 Å². The van der Waals surface area contributed by atoms with Crippen LogP contribution in [-0.2, 0) is 14.4 Å². The smallest absolute Gasteiger partial charge is 0.261 e. The molecule has 2 heterocycles. The lowest BCUT2D eigenvalue weighted by atomic mass is 10.0. The largest absolute Gasteiger partial charge is 0.369 e. The van der Waals surface area contributed by atoms with E-state index in [1.807, 2.05) is 19.1 Å². The molecule has 2 aliphatic heterocycles. The molecule has 1 aromatic rings. The lowest BCUT2D eigenvalue weighted by Crippen LogP contribution is -2.53. The number of nitrogens with zero attached hydrogens (tertiary/aromatic N) is 3. The van der Waals surface area contributed by atoms with Gasteiger partial charge in [-0.2, -0.15) is 0 Å². The molecule has 32 heavy (non-hydrogen) atoms. The van der Waals surface area contributed by atoms with E-state index < -0.39 is 17.9 Å². The molecule has 1 atom stereocenters. The minimum atomic E-state index is -1.02. The van der Waals surface area contributed by atoms with E-state index in [0.29, 0.717) is 18.3 Å². The van der Waals surface area contributed by atoms with Crippen molar-refractivity contribution in [2.24, 2.45) is 5.92 Å². The highest BCUT2D eigenvalue weighted by molar-refractivity contribution is 6.04. The number of nitrogens with one attached hydrogen (secondary N) is 2. The molecule has 174 valence electrons. The van der Waals surface area contributed by atoms with Gasteiger partial charge in [0.1, 0.15) is 12.3 Å². The summed E-state index contributed by atoms with van der Waals surface area (Å²) in [6, 6.07) is 4.56. The van der Waals surface area contributed by atoms with Gasteiger partial charge in [-0.1, -0.05) is 0 Å². The summed E-state index contributed by atoms with van der Waals surface area (Å²) in [7, 11) is 1.44. The number of aldehydes is 1. The summed E-state index contributed by atoms with van der Waals surface area (Å²) in [4.78, 5) is 53.5. The van der Waals surface area contributed by atoms with Crippen LogP contribution in [0.5, 0.6) is 0 Å². The molecule has 9 heteroatoms. The number of carbonyl (C=O) groups excluding carboxylic acids is 4. The van der Waals surface area contributed by atoms with Crippen LogP contribution in [0, 0.1) is 12.8 Å². The molecule has 2 saturated heterocycles. The molecule has 0 bridgehead atoms. The number of amides is 3. The van der Waals surface area contributed by atoms with Gasteiger partial charge >= 0.3 is 0 Å². The number of rotatable bonds is 10. The third-order valence-electron chi connectivity index (χ3n) is 6.35. The first-order valence-electron chi connectivity index (χ1n) is 11.2. The Bertz CT molecular complexity index is 834. The van der Waals surface area contributed by atoms with Crippen LogP contribution < -0.4 is 15.5 Å². The molecule has 0 saturated carbocycles. The fourth-order valence-electron chi connectivity index (χ4n) is 4.31. The summed E-state index contributed by atoms with van der Waals surface area (Å²) in [6.45, 7) is 9.09. The Hall–Kier alpha value is -2.78. The number of piperazine rings is 1. The maximum atomic E-state index is 13.1. The van der Waals surface area contributed by atoms with Crippen molar-refractivity contribution in [3.8, 4) is 0 Å². The van der Waals surface area contributed by atoms with Crippen molar-refractivity contribution in [2.45, 2.75) is 25.8 Å². The van der Waals surface area contributed by atoms with Crippen molar-refractivity contribution in [1.82, 2.24) is 20.4 Å². The van der Waals surface area contributed by atoms with Crippen LogP contribution in [0.4, 0.5) is 5.69 Å². The van der Waals surface area contributed by atoms with Gasteiger partial charge in [0.15, 0.2) is 0 Å². The zero-order valence-corrected chi connectivity index (χ0v) is 18.9. The Morgan fingerprint density at radius 3 is 2.47 bits per heavy atom. The highest BCUT2D eigenvalue weighted by Gasteiger charge is 2.30. The van der Waals surface area contributed by atoms with Crippen molar-refractivity contribution in [2.75, 3.05) is 57.8 Å². The molecule has 3 rings (SSSR count). The zero-order chi connectivity index (χ0) is 23.1. The van der Waals surface area contributed by atoms with Crippen LogP contribution in [0.2, 0.25) is 0 Å². The van der Waals surface area contributed by atoms with E-state index in [4.69, 9.17) is 0 Å².